The van der Waals surface area contributed by atoms with E-state index in [2.05, 4.69) is 0 Å². The topological polar surface area (TPSA) is 53.0 Å². The Morgan fingerprint density at radius 3 is 2.54 bits per heavy atom. The van der Waals surface area contributed by atoms with E-state index in [1.54, 1.807) is 28.0 Å². The highest BCUT2D eigenvalue weighted by Crippen LogP contribution is 2.29. The lowest BCUT2D eigenvalue weighted by Crippen LogP contribution is -2.39. The lowest BCUT2D eigenvalue weighted by atomic mass is 10.2. The minimum Gasteiger partial charge on any atom is -0.491 e. The van der Waals surface area contributed by atoms with E-state index >= 15 is 0 Å². The minimum absolute atomic E-state index is 0.125. The Kier molecular flexibility index (Phi) is 5.91. The molecule has 0 aromatic heterocycles. The van der Waals surface area contributed by atoms with Crippen LogP contribution in [0.25, 0.3) is 0 Å². The van der Waals surface area contributed by atoms with Gasteiger partial charge in [0.05, 0.1) is 16.6 Å². The lowest BCUT2D eigenvalue weighted by molar-refractivity contribution is 0.0828. The molecule has 26 heavy (non-hydrogen) atoms. The van der Waals surface area contributed by atoms with Crippen molar-refractivity contribution in [2.24, 2.45) is 0 Å². The Morgan fingerprint density at radius 2 is 1.85 bits per heavy atom. The van der Waals surface area contributed by atoms with Crippen LogP contribution in [0.5, 0.6) is 5.75 Å². The molecule has 2 aromatic carbocycles. The molecule has 7 heteroatoms. The van der Waals surface area contributed by atoms with E-state index in [4.69, 9.17) is 27.9 Å². The van der Waals surface area contributed by atoms with Crippen LogP contribution in [0.15, 0.2) is 42.5 Å². The number of carbonyl (C=O) groups excluding carboxylic acids is 1. The molecule has 1 atom stereocenters. The van der Waals surface area contributed by atoms with Gasteiger partial charge in [0.15, 0.2) is 0 Å². The van der Waals surface area contributed by atoms with Crippen molar-refractivity contribution in [3.05, 3.63) is 58.1 Å². The zero-order valence-electron chi connectivity index (χ0n) is 14.4. The van der Waals surface area contributed by atoms with Crippen molar-refractivity contribution in [1.29, 1.82) is 0 Å². The number of benzene rings is 2. The molecule has 5 nitrogen and oxygen atoms in total. The molecule has 1 fully saturated rings. The molecule has 1 N–H and O–H groups in total. The van der Waals surface area contributed by atoms with Gasteiger partial charge in [0.25, 0.3) is 0 Å². The van der Waals surface area contributed by atoms with Gasteiger partial charge in [-0.2, -0.15) is 0 Å². The number of ether oxygens (including phenoxy) is 1. The minimum atomic E-state index is -0.769. The predicted molar refractivity (Wildman–Crippen MR) is 103 cm³/mol. The molecule has 0 radical (unpaired) electrons. The van der Waals surface area contributed by atoms with Crippen LogP contribution in [0.4, 0.5) is 10.5 Å². The van der Waals surface area contributed by atoms with Gasteiger partial charge in [-0.15, -0.1) is 0 Å². The van der Waals surface area contributed by atoms with Gasteiger partial charge in [0, 0.05) is 18.8 Å². The molecule has 3 rings (SSSR count). The molecule has 0 aliphatic carbocycles. The van der Waals surface area contributed by atoms with Crippen LogP contribution in [0.1, 0.15) is 5.56 Å². The van der Waals surface area contributed by atoms with Crippen molar-refractivity contribution in [2.75, 3.05) is 31.1 Å². The fraction of sp³-hybridized carbons (Fsp3) is 0.316. The number of β-amino-alcohol motifs (C(OH)–C–C–N with tert-alkyl or cyclic N) is 1. The number of amides is 2. The highest BCUT2D eigenvalue weighted by atomic mass is 35.5. The van der Waals surface area contributed by atoms with Crippen molar-refractivity contribution in [3.63, 3.8) is 0 Å². The maximum Gasteiger partial charge on any atom is 0.324 e. The highest BCUT2D eigenvalue weighted by Gasteiger charge is 2.31. The maximum atomic E-state index is 12.6. The molecule has 2 amide bonds. The molecule has 0 saturated carbocycles. The molecular formula is C19H20Cl2N2O3. The molecule has 1 saturated heterocycles. The molecular weight excluding hydrogens is 375 g/mol. The fourth-order valence-electron chi connectivity index (χ4n) is 2.78. The van der Waals surface area contributed by atoms with Gasteiger partial charge in [0.2, 0.25) is 0 Å². The number of halogens is 2. The Morgan fingerprint density at radius 1 is 1.12 bits per heavy atom. The number of aliphatic hydroxyl groups is 1. The van der Waals surface area contributed by atoms with Crippen molar-refractivity contribution < 1.29 is 14.6 Å². The number of nitrogens with zero attached hydrogens (tertiary/aromatic N) is 2. The first-order valence-corrected chi connectivity index (χ1v) is 9.08. The normalized spacial score (nSPS) is 15.5. The number of rotatable bonds is 6. The van der Waals surface area contributed by atoms with Crippen LogP contribution in [0.3, 0.4) is 0 Å². The monoisotopic (exact) mass is 394 g/mol. The van der Waals surface area contributed by atoms with Gasteiger partial charge in [-0.25, -0.2) is 4.79 Å². The van der Waals surface area contributed by atoms with Crippen LogP contribution in [-0.2, 0) is 0 Å². The number of anilines is 1. The number of aryl methyl sites for hydroxylation is 1. The summed E-state index contributed by atoms with van der Waals surface area (Å²) in [6.45, 7) is 3.39. The summed E-state index contributed by atoms with van der Waals surface area (Å²) in [6.07, 6.45) is -0.769. The van der Waals surface area contributed by atoms with E-state index in [0.29, 0.717) is 34.6 Å². The average Bonchev–Trinajstić information content (AvgIpc) is 2.97. The third-order valence-corrected chi connectivity index (χ3v) is 4.94. The van der Waals surface area contributed by atoms with Crippen LogP contribution in [-0.4, -0.2) is 48.4 Å². The summed E-state index contributed by atoms with van der Waals surface area (Å²) < 4.78 is 5.58. The van der Waals surface area contributed by atoms with E-state index < -0.39 is 6.10 Å². The van der Waals surface area contributed by atoms with Crippen LogP contribution in [0.2, 0.25) is 10.0 Å². The zero-order valence-corrected chi connectivity index (χ0v) is 15.9. The largest absolute Gasteiger partial charge is 0.491 e. The molecule has 0 bridgehead atoms. The number of hydrogen-bond donors (Lipinski definition) is 1. The summed E-state index contributed by atoms with van der Waals surface area (Å²) in [7, 11) is 0. The average molecular weight is 395 g/mol. The van der Waals surface area contributed by atoms with Gasteiger partial charge in [-0.3, -0.25) is 4.90 Å². The van der Waals surface area contributed by atoms with Gasteiger partial charge in [-0.05, 0) is 37.3 Å². The smallest absolute Gasteiger partial charge is 0.324 e. The van der Waals surface area contributed by atoms with Gasteiger partial charge in [0.1, 0.15) is 18.5 Å². The number of hydrogen-bond acceptors (Lipinski definition) is 3. The Hall–Kier alpha value is -1.95. The summed E-state index contributed by atoms with van der Waals surface area (Å²) in [5.74, 6) is 0.694. The first-order chi connectivity index (χ1) is 12.4. The molecule has 0 unspecified atom stereocenters. The SMILES string of the molecule is Cc1ccc(OC[C@@H](O)CN2CCN(c3ccc(Cl)c(Cl)c3)C2=O)cc1. The molecule has 2 aromatic rings. The van der Waals surface area contributed by atoms with E-state index in [-0.39, 0.29) is 19.2 Å². The summed E-state index contributed by atoms with van der Waals surface area (Å²) in [4.78, 5) is 15.8. The lowest BCUT2D eigenvalue weighted by Gasteiger charge is -2.21. The quantitative estimate of drug-likeness (QED) is 0.805. The van der Waals surface area contributed by atoms with Gasteiger partial charge < -0.3 is 14.7 Å². The van der Waals surface area contributed by atoms with Crippen LogP contribution < -0.4 is 9.64 Å². The van der Waals surface area contributed by atoms with Crippen LogP contribution in [0, 0.1) is 6.92 Å². The standard InChI is InChI=1S/C19H20Cl2N2O3/c1-13-2-5-16(6-3-13)26-12-15(24)11-22-8-9-23(19(22)25)14-4-7-17(20)18(21)10-14/h2-7,10,15,24H,8-9,11-12H2,1H3/t15-/m0/s1. The van der Waals surface area contributed by atoms with E-state index in [9.17, 15) is 9.90 Å². The summed E-state index contributed by atoms with van der Waals surface area (Å²) in [6, 6.07) is 12.5. The van der Waals surface area contributed by atoms with Crippen molar-refractivity contribution >= 4 is 34.9 Å². The second kappa shape index (κ2) is 8.16. The Balaban J connectivity index is 1.54. The second-order valence-corrected chi connectivity index (χ2v) is 7.07. The third kappa shape index (κ3) is 4.41. The summed E-state index contributed by atoms with van der Waals surface area (Å²) in [5.41, 5.74) is 1.83. The van der Waals surface area contributed by atoms with Crippen molar-refractivity contribution in [1.82, 2.24) is 4.90 Å². The fourth-order valence-corrected chi connectivity index (χ4v) is 3.07. The molecule has 1 aliphatic heterocycles. The van der Waals surface area contributed by atoms with E-state index in [1.807, 2.05) is 31.2 Å². The first kappa shape index (κ1) is 18.8. The van der Waals surface area contributed by atoms with Crippen LogP contribution >= 0.6 is 23.2 Å². The Labute approximate surface area is 162 Å². The first-order valence-electron chi connectivity index (χ1n) is 8.33. The third-order valence-electron chi connectivity index (χ3n) is 4.20. The van der Waals surface area contributed by atoms with Gasteiger partial charge in [-0.1, -0.05) is 40.9 Å². The van der Waals surface area contributed by atoms with Crippen molar-refractivity contribution in [2.45, 2.75) is 13.0 Å². The van der Waals surface area contributed by atoms with E-state index in [1.165, 1.54) is 0 Å². The zero-order chi connectivity index (χ0) is 18.7. The maximum absolute atomic E-state index is 12.6. The van der Waals surface area contributed by atoms with E-state index in [0.717, 1.165) is 5.56 Å². The number of carbonyl (C=O) groups is 1. The molecule has 138 valence electrons. The molecule has 1 aliphatic rings. The Bertz CT molecular complexity index is 783. The highest BCUT2D eigenvalue weighted by molar-refractivity contribution is 6.42. The van der Waals surface area contributed by atoms with Crippen molar-refractivity contribution in [3.8, 4) is 5.75 Å². The molecule has 1 heterocycles. The second-order valence-electron chi connectivity index (χ2n) is 6.26. The molecule has 0 spiro atoms. The summed E-state index contributed by atoms with van der Waals surface area (Å²) in [5, 5.41) is 11.1. The number of urea groups is 1. The van der Waals surface area contributed by atoms with Gasteiger partial charge >= 0.3 is 6.03 Å². The number of aliphatic hydroxyl groups excluding tert-OH is 1. The predicted octanol–water partition coefficient (Wildman–Crippen LogP) is 3.98. The summed E-state index contributed by atoms with van der Waals surface area (Å²) >= 11 is 12.0.